The van der Waals surface area contributed by atoms with Crippen molar-refractivity contribution in [3.8, 4) is 0 Å². The molecule has 68 valence electrons. The lowest BCUT2D eigenvalue weighted by Gasteiger charge is -2.17. The molecule has 0 unspecified atom stereocenters. The summed E-state index contributed by atoms with van der Waals surface area (Å²) in [4.78, 5) is 11.5. The number of ketones is 1. The summed E-state index contributed by atoms with van der Waals surface area (Å²) in [6.07, 6.45) is 2.82. The number of hydrogen-bond donors (Lipinski definition) is 0. The second-order valence-electron chi connectivity index (χ2n) is 3.50. The van der Waals surface area contributed by atoms with Crippen LogP contribution >= 0.6 is 22.6 Å². The van der Waals surface area contributed by atoms with E-state index in [-0.39, 0.29) is 0 Å². The second-order valence-corrected chi connectivity index (χ2v) is 4.58. The fraction of sp³-hybridized carbons (Fsp3) is 0.364. The molecule has 0 aliphatic heterocycles. The molecular weight excluding hydrogens is 275 g/mol. The smallest absolute Gasteiger partial charge is 0.163 e. The molecule has 0 saturated carbocycles. The molecule has 0 fully saturated rings. The van der Waals surface area contributed by atoms with Crippen LogP contribution in [0.15, 0.2) is 12.1 Å². The summed E-state index contributed by atoms with van der Waals surface area (Å²) < 4.78 is 1.28. The first-order chi connectivity index (χ1) is 6.20. The number of aryl methyl sites for hydroxylation is 1. The van der Waals surface area contributed by atoms with Gasteiger partial charge in [-0.2, -0.15) is 0 Å². The minimum atomic E-state index is 0.319. The summed E-state index contributed by atoms with van der Waals surface area (Å²) in [5.74, 6) is 0.319. The van der Waals surface area contributed by atoms with Crippen molar-refractivity contribution in [1.29, 1.82) is 0 Å². The van der Waals surface area contributed by atoms with Crippen LogP contribution in [-0.4, -0.2) is 5.78 Å². The lowest BCUT2D eigenvalue weighted by atomic mass is 9.90. The van der Waals surface area contributed by atoms with E-state index in [2.05, 4.69) is 29.5 Å². The molecule has 1 aromatic carbocycles. The van der Waals surface area contributed by atoms with Crippen molar-refractivity contribution in [1.82, 2.24) is 0 Å². The van der Waals surface area contributed by atoms with Crippen molar-refractivity contribution < 1.29 is 4.79 Å². The highest BCUT2D eigenvalue weighted by Crippen LogP contribution is 2.27. The molecule has 1 aromatic rings. The molecule has 1 aliphatic carbocycles. The molecule has 0 bridgehead atoms. The van der Waals surface area contributed by atoms with E-state index in [9.17, 15) is 4.79 Å². The third-order valence-corrected chi connectivity index (χ3v) is 4.07. The zero-order valence-electron chi connectivity index (χ0n) is 7.56. The largest absolute Gasteiger partial charge is 0.294 e. The highest BCUT2D eigenvalue weighted by atomic mass is 127. The van der Waals surface area contributed by atoms with E-state index < -0.39 is 0 Å². The predicted octanol–water partition coefficient (Wildman–Crippen LogP) is 3.12. The number of carbonyl (C=O) groups excluding carboxylic acids is 1. The third kappa shape index (κ3) is 1.52. The van der Waals surface area contributed by atoms with Gasteiger partial charge in [0.05, 0.1) is 0 Å². The Bertz CT molecular complexity index is 369. The highest BCUT2D eigenvalue weighted by molar-refractivity contribution is 14.1. The Hall–Kier alpha value is -0.380. The predicted molar refractivity (Wildman–Crippen MR) is 61.2 cm³/mol. The Kier molecular flexibility index (Phi) is 2.41. The Labute approximate surface area is 91.7 Å². The minimum Gasteiger partial charge on any atom is -0.294 e. The average molecular weight is 286 g/mol. The maximum absolute atomic E-state index is 11.5. The van der Waals surface area contributed by atoms with Gasteiger partial charge in [0.15, 0.2) is 5.78 Å². The van der Waals surface area contributed by atoms with Gasteiger partial charge < -0.3 is 0 Å². The van der Waals surface area contributed by atoms with Gasteiger partial charge in [-0.25, -0.2) is 0 Å². The summed E-state index contributed by atoms with van der Waals surface area (Å²) in [7, 11) is 0. The first-order valence-electron chi connectivity index (χ1n) is 4.51. The zero-order chi connectivity index (χ0) is 9.42. The van der Waals surface area contributed by atoms with E-state index in [0.29, 0.717) is 5.78 Å². The van der Waals surface area contributed by atoms with Crippen LogP contribution in [0.4, 0.5) is 0 Å². The molecule has 2 rings (SSSR count). The van der Waals surface area contributed by atoms with Crippen molar-refractivity contribution in [2.45, 2.75) is 26.2 Å². The van der Waals surface area contributed by atoms with Gasteiger partial charge in [0, 0.05) is 15.6 Å². The molecule has 0 saturated heterocycles. The maximum atomic E-state index is 11.5. The lowest BCUT2D eigenvalue weighted by Crippen LogP contribution is -2.12. The van der Waals surface area contributed by atoms with E-state index in [0.717, 1.165) is 24.8 Å². The maximum Gasteiger partial charge on any atom is 0.163 e. The SMILES string of the molecule is Cc1ccc2c(c1I)CCCC2=O. The van der Waals surface area contributed by atoms with Crippen LogP contribution < -0.4 is 0 Å². The van der Waals surface area contributed by atoms with Gasteiger partial charge in [-0.15, -0.1) is 0 Å². The number of carbonyl (C=O) groups is 1. The average Bonchev–Trinajstić information content (AvgIpc) is 2.12. The third-order valence-electron chi connectivity index (χ3n) is 2.57. The van der Waals surface area contributed by atoms with Crippen LogP contribution in [0.2, 0.25) is 0 Å². The van der Waals surface area contributed by atoms with E-state index in [1.54, 1.807) is 0 Å². The lowest BCUT2D eigenvalue weighted by molar-refractivity contribution is 0.0972. The van der Waals surface area contributed by atoms with Gasteiger partial charge >= 0.3 is 0 Å². The Morgan fingerprint density at radius 2 is 2.08 bits per heavy atom. The van der Waals surface area contributed by atoms with E-state index in [4.69, 9.17) is 0 Å². The Morgan fingerprint density at radius 3 is 2.85 bits per heavy atom. The molecule has 1 nitrogen and oxygen atoms in total. The molecule has 0 amide bonds. The van der Waals surface area contributed by atoms with Gasteiger partial charge in [0.25, 0.3) is 0 Å². The highest BCUT2D eigenvalue weighted by Gasteiger charge is 2.19. The van der Waals surface area contributed by atoms with Gasteiger partial charge in [0.2, 0.25) is 0 Å². The monoisotopic (exact) mass is 286 g/mol. The number of benzene rings is 1. The van der Waals surface area contributed by atoms with E-state index >= 15 is 0 Å². The van der Waals surface area contributed by atoms with Crippen LogP contribution in [0, 0.1) is 10.5 Å². The molecule has 2 heteroatoms. The fourth-order valence-electron chi connectivity index (χ4n) is 1.80. The molecule has 0 spiro atoms. The van der Waals surface area contributed by atoms with E-state index in [1.807, 2.05) is 12.1 Å². The van der Waals surface area contributed by atoms with Crippen LogP contribution in [0.5, 0.6) is 0 Å². The van der Waals surface area contributed by atoms with Crippen LogP contribution in [-0.2, 0) is 6.42 Å². The standard InChI is InChI=1S/C11H11IO/c1-7-5-6-8-9(11(7)12)3-2-4-10(8)13/h5-6H,2-4H2,1H3. The van der Waals surface area contributed by atoms with E-state index in [1.165, 1.54) is 14.7 Å². The molecule has 0 heterocycles. The van der Waals surface area contributed by atoms with Gasteiger partial charge in [-0.1, -0.05) is 12.1 Å². The van der Waals surface area contributed by atoms with Gasteiger partial charge in [-0.3, -0.25) is 4.79 Å². The molecule has 0 N–H and O–H groups in total. The summed E-state index contributed by atoms with van der Waals surface area (Å²) >= 11 is 2.35. The summed E-state index contributed by atoms with van der Waals surface area (Å²) in [6, 6.07) is 4.03. The first kappa shape index (κ1) is 9.19. The fourth-order valence-corrected chi connectivity index (χ4v) is 2.54. The topological polar surface area (TPSA) is 17.1 Å². The number of fused-ring (bicyclic) bond motifs is 1. The Morgan fingerprint density at radius 1 is 1.31 bits per heavy atom. The van der Waals surface area contributed by atoms with Crippen LogP contribution in [0.3, 0.4) is 0 Å². The molecular formula is C11H11IO. The normalized spacial score (nSPS) is 15.7. The second kappa shape index (κ2) is 3.40. The zero-order valence-corrected chi connectivity index (χ0v) is 9.72. The number of halogens is 1. The Balaban J connectivity index is 2.63. The molecule has 0 aromatic heterocycles. The molecule has 13 heavy (non-hydrogen) atoms. The summed E-state index contributed by atoms with van der Waals surface area (Å²) in [6.45, 7) is 2.10. The summed E-state index contributed by atoms with van der Waals surface area (Å²) in [5, 5.41) is 0. The quantitative estimate of drug-likeness (QED) is 0.670. The summed E-state index contributed by atoms with van der Waals surface area (Å²) in [5.41, 5.74) is 3.52. The minimum absolute atomic E-state index is 0.319. The molecule has 1 aliphatic rings. The molecule has 0 atom stereocenters. The number of hydrogen-bond acceptors (Lipinski definition) is 1. The van der Waals surface area contributed by atoms with Crippen molar-refractivity contribution in [2.24, 2.45) is 0 Å². The number of Topliss-reactive ketones (excluding diaryl/α,β-unsaturated/α-hetero) is 1. The van der Waals surface area contributed by atoms with Crippen molar-refractivity contribution in [3.63, 3.8) is 0 Å². The van der Waals surface area contributed by atoms with Gasteiger partial charge in [0.1, 0.15) is 0 Å². The van der Waals surface area contributed by atoms with Crippen molar-refractivity contribution in [3.05, 3.63) is 32.4 Å². The van der Waals surface area contributed by atoms with Gasteiger partial charge in [-0.05, 0) is 53.5 Å². The number of rotatable bonds is 0. The van der Waals surface area contributed by atoms with Crippen molar-refractivity contribution in [2.75, 3.05) is 0 Å². The van der Waals surface area contributed by atoms with Crippen molar-refractivity contribution >= 4 is 28.4 Å². The van der Waals surface area contributed by atoms with Crippen LogP contribution in [0.1, 0.15) is 34.3 Å². The first-order valence-corrected chi connectivity index (χ1v) is 5.59. The molecule has 0 radical (unpaired) electrons. The van der Waals surface area contributed by atoms with Crippen LogP contribution in [0.25, 0.3) is 0 Å².